The van der Waals surface area contributed by atoms with Gasteiger partial charge >= 0.3 is 0 Å². The lowest BCUT2D eigenvalue weighted by atomic mass is 10.1. The van der Waals surface area contributed by atoms with Gasteiger partial charge in [0.2, 0.25) is 5.91 Å². The Labute approximate surface area is 184 Å². The minimum Gasteiger partial charge on any atom is -0.493 e. The SMILES string of the molecule is COc1cc(/C=N\NC(=O)Cc2ccccc2)c(Br)cc1OCc1ccc(C)cc1. The first-order chi connectivity index (χ1) is 14.5. The average molecular weight is 467 g/mol. The molecule has 0 saturated heterocycles. The number of nitrogens with one attached hydrogen (secondary N) is 1. The van der Waals surface area contributed by atoms with Crippen molar-refractivity contribution in [1.29, 1.82) is 0 Å². The van der Waals surface area contributed by atoms with E-state index in [9.17, 15) is 4.79 Å². The highest BCUT2D eigenvalue weighted by Crippen LogP contribution is 2.33. The van der Waals surface area contributed by atoms with Crippen LogP contribution in [0.25, 0.3) is 0 Å². The molecule has 5 nitrogen and oxygen atoms in total. The molecule has 30 heavy (non-hydrogen) atoms. The first kappa shape index (κ1) is 21.6. The summed E-state index contributed by atoms with van der Waals surface area (Å²) in [6, 6.07) is 21.3. The number of hydrogen-bond acceptors (Lipinski definition) is 4. The van der Waals surface area contributed by atoms with Crippen molar-refractivity contribution in [1.82, 2.24) is 5.43 Å². The van der Waals surface area contributed by atoms with Gasteiger partial charge in [0.05, 0.1) is 19.7 Å². The maximum absolute atomic E-state index is 12.0. The molecule has 0 aliphatic carbocycles. The Kier molecular flexibility index (Phi) is 7.63. The second kappa shape index (κ2) is 10.6. The van der Waals surface area contributed by atoms with Crippen molar-refractivity contribution in [3.63, 3.8) is 0 Å². The second-order valence-corrected chi connectivity index (χ2v) is 7.61. The van der Waals surface area contributed by atoms with Crippen LogP contribution in [0.15, 0.2) is 76.3 Å². The van der Waals surface area contributed by atoms with Gasteiger partial charge in [0, 0.05) is 10.0 Å². The Balaban J connectivity index is 1.63. The molecular formula is C24H23BrN2O3. The fourth-order valence-electron chi connectivity index (χ4n) is 2.76. The van der Waals surface area contributed by atoms with Crippen molar-refractivity contribution in [3.8, 4) is 11.5 Å². The van der Waals surface area contributed by atoms with Gasteiger partial charge in [-0.3, -0.25) is 4.79 Å². The van der Waals surface area contributed by atoms with E-state index in [0.717, 1.165) is 21.2 Å². The van der Waals surface area contributed by atoms with Crippen molar-refractivity contribution in [3.05, 3.63) is 93.5 Å². The minimum atomic E-state index is -0.182. The Morgan fingerprint density at radius 2 is 1.77 bits per heavy atom. The van der Waals surface area contributed by atoms with Crippen LogP contribution in [0.1, 0.15) is 22.3 Å². The first-order valence-electron chi connectivity index (χ1n) is 9.47. The maximum atomic E-state index is 12.0. The molecule has 0 aliphatic rings. The van der Waals surface area contributed by atoms with Crippen LogP contribution in [0.5, 0.6) is 11.5 Å². The number of hydrazone groups is 1. The summed E-state index contributed by atoms with van der Waals surface area (Å²) in [7, 11) is 1.59. The molecule has 0 fully saturated rings. The summed E-state index contributed by atoms with van der Waals surface area (Å²) in [5.74, 6) is 1.02. The molecule has 1 N–H and O–H groups in total. The van der Waals surface area contributed by atoms with E-state index >= 15 is 0 Å². The zero-order valence-electron chi connectivity index (χ0n) is 16.9. The molecule has 3 aromatic rings. The van der Waals surface area contributed by atoms with Gasteiger partial charge in [-0.2, -0.15) is 5.10 Å². The smallest absolute Gasteiger partial charge is 0.244 e. The highest BCUT2D eigenvalue weighted by Gasteiger charge is 2.10. The van der Waals surface area contributed by atoms with Gasteiger partial charge in [-0.25, -0.2) is 5.43 Å². The number of benzene rings is 3. The van der Waals surface area contributed by atoms with Crippen LogP contribution in [-0.2, 0) is 17.8 Å². The lowest BCUT2D eigenvalue weighted by Crippen LogP contribution is -2.19. The van der Waals surface area contributed by atoms with E-state index in [1.807, 2.05) is 48.5 Å². The second-order valence-electron chi connectivity index (χ2n) is 6.75. The van der Waals surface area contributed by atoms with Crippen LogP contribution >= 0.6 is 15.9 Å². The Hall–Kier alpha value is -3.12. The van der Waals surface area contributed by atoms with Crippen LogP contribution < -0.4 is 14.9 Å². The molecule has 0 aliphatic heterocycles. The van der Waals surface area contributed by atoms with Gasteiger partial charge in [0.1, 0.15) is 6.61 Å². The molecule has 0 atom stereocenters. The van der Waals surface area contributed by atoms with E-state index in [4.69, 9.17) is 9.47 Å². The number of halogens is 1. The molecule has 0 bridgehead atoms. The fourth-order valence-corrected chi connectivity index (χ4v) is 3.19. The number of methoxy groups -OCH3 is 1. The van der Waals surface area contributed by atoms with Gasteiger partial charge in [0.25, 0.3) is 0 Å². The van der Waals surface area contributed by atoms with Crippen LogP contribution in [0.4, 0.5) is 0 Å². The predicted molar refractivity (Wildman–Crippen MR) is 122 cm³/mol. The summed E-state index contributed by atoms with van der Waals surface area (Å²) in [6.45, 7) is 2.49. The third-order valence-electron chi connectivity index (χ3n) is 4.40. The number of nitrogens with zero attached hydrogens (tertiary/aromatic N) is 1. The third kappa shape index (κ3) is 6.19. The number of carbonyl (C=O) groups is 1. The third-order valence-corrected chi connectivity index (χ3v) is 5.09. The minimum absolute atomic E-state index is 0.182. The Morgan fingerprint density at radius 3 is 2.47 bits per heavy atom. The molecule has 3 rings (SSSR count). The van der Waals surface area contributed by atoms with Crippen LogP contribution in [0.2, 0.25) is 0 Å². The summed E-state index contributed by atoms with van der Waals surface area (Å²) >= 11 is 3.53. The summed E-state index contributed by atoms with van der Waals surface area (Å²) in [4.78, 5) is 12.0. The van der Waals surface area contributed by atoms with E-state index < -0.39 is 0 Å². The molecule has 0 spiro atoms. The van der Waals surface area contributed by atoms with Crippen molar-refractivity contribution < 1.29 is 14.3 Å². The normalized spacial score (nSPS) is 10.8. The Bertz CT molecular complexity index is 1020. The molecule has 0 heterocycles. The average Bonchev–Trinajstić information content (AvgIpc) is 2.75. The molecule has 0 aromatic heterocycles. The van der Waals surface area contributed by atoms with Crippen molar-refractivity contribution in [2.75, 3.05) is 7.11 Å². The number of aryl methyl sites for hydroxylation is 1. The largest absolute Gasteiger partial charge is 0.493 e. The highest BCUT2D eigenvalue weighted by molar-refractivity contribution is 9.10. The quantitative estimate of drug-likeness (QED) is 0.373. The van der Waals surface area contributed by atoms with E-state index in [2.05, 4.69) is 45.5 Å². The summed E-state index contributed by atoms with van der Waals surface area (Å²) in [5.41, 5.74) is 6.52. The first-order valence-corrected chi connectivity index (χ1v) is 10.3. The number of rotatable bonds is 8. The van der Waals surface area contributed by atoms with Crippen LogP contribution in [-0.4, -0.2) is 19.2 Å². The van der Waals surface area contributed by atoms with Gasteiger partial charge in [-0.15, -0.1) is 0 Å². The lowest BCUT2D eigenvalue weighted by Gasteiger charge is -2.13. The van der Waals surface area contributed by atoms with Gasteiger partial charge in [-0.1, -0.05) is 60.2 Å². The van der Waals surface area contributed by atoms with Crippen molar-refractivity contribution in [2.24, 2.45) is 5.10 Å². The topological polar surface area (TPSA) is 59.9 Å². The molecule has 1 amide bonds. The molecular weight excluding hydrogens is 444 g/mol. The number of carbonyl (C=O) groups excluding carboxylic acids is 1. The predicted octanol–water partition coefficient (Wildman–Crippen LogP) is 5.04. The molecule has 0 saturated carbocycles. The summed E-state index contributed by atoms with van der Waals surface area (Å²) in [5, 5.41) is 4.05. The summed E-state index contributed by atoms with van der Waals surface area (Å²) < 4.78 is 12.2. The van der Waals surface area contributed by atoms with E-state index in [0.29, 0.717) is 18.1 Å². The Morgan fingerprint density at radius 1 is 1.03 bits per heavy atom. The molecule has 3 aromatic carbocycles. The van der Waals surface area contributed by atoms with Crippen molar-refractivity contribution >= 4 is 28.1 Å². The van der Waals surface area contributed by atoms with E-state index in [1.165, 1.54) is 5.56 Å². The van der Waals surface area contributed by atoms with Gasteiger partial charge in [-0.05, 0) is 46.1 Å². The van der Waals surface area contributed by atoms with Crippen LogP contribution in [0.3, 0.4) is 0 Å². The van der Waals surface area contributed by atoms with Crippen molar-refractivity contribution in [2.45, 2.75) is 20.0 Å². The zero-order valence-corrected chi connectivity index (χ0v) is 18.5. The monoisotopic (exact) mass is 466 g/mol. The fraction of sp³-hybridized carbons (Fsp3) is 0.167. The zero-order chi connectivity index (χ0) is 21.3. The highest BCUT2D eigenvalue weighted by atomic mass is 79.9. The standard InChI is InChI=1S/C24H23BrN2O3/c1-17-8-10-19(11-9-17)16-30-23-14-21(25)20(13-22(23)29-2)15-26-27-24(28)12-18-6-4-3-5-7-18/h3-11,13-15H,12,16H2,1-2H3,(H,27,28)/b26-15-. The maximum Gasteiger partial charge on any atom is 0.244 e. The molecule has 0 radical (unpaired) electrons. The number of hydrogen-bond donors (Lipinski definition) is 1. The number of ether oxygens (including phenoxy) is 2. The van der Waals surface area contributed by atoms with E-state index in [-0.39, 0.29) is 12.3 Å². The van der Waals surface area contributed by atoms with Gasteiger partial charge < -0.3 is 9.47 Å². The lowest BCUT2D eigenvalue weighted by molar-refractivity contribution is -0.120. The molecule has 0 unspecified atom stereocenters. The summed E-state index contributed by atoms with van der Waals surface area (Å²) in [6.07, 6.45) is 1.84. The van der Waals surface area contributed by atoms with Crippen LogP contribution in [0, 0.1) is 6.92 Å². The number of amides is 1. The van der Waals surface area contributed by atoms with Gasteiger partial charge in [0.15, 0.2) is 11.5 Å². The molecule has 6 heteroatoms. The van der Waals surface area contributed by atoms with E-state index in [1.54, 1.807) is 19.4 Å². The molecule has 154 valence electrons.